The Balaban J connectivity index is 0.00000288. The second-order valence-corrected chi connectivity index (χ2v) is 7.70. The molecule has 2 rings (SSSR count). The summed E-state index contributed by atoms with van der Waals surface area (Å²) in [5.74, 6) is -0.267. The van der Waals surface area contributed by atoms with Crippen molar-refractivity contribution in [2.24, 2.45) is 0 Å². The van der Waals surface area contributed by atoms with Gasteiger partial charge in [-0.3, -0.25) is 4.79 Å². The number of nitrogens with one attached hydrogen (secondary N) is 1. The molecule has 24 heavy (non-hydrogen) atoms. The first-order valence-electron chi connectivity index (χ1n) is 7.97. The molecule has 1 heterocycles. The van der Waals surface area contributed by atoms with E-state index < -0.39 is 10.0 Å². The zero-order chi connectivity index (χ0) is 16.9. The predicted octanol–water partition coefficient (Wildman–Crippen LogP) is 1.57. The van der Waals surface area contributed by atoms with Crippen molar-refractivity contribution in [1.29, 1.82) is 0 Å². The van der Waals surface area contributed by atoms with E-state index in [4.69, 9.17) is 0 Å². The molecule has 8 heteroatoms. The lowest BCUT2D eigenvalue weighted by Gasteiger charge is -2.27. The molecule has 0 spiro atoms. The second-order valence-electron chi connectivity index (χ2n) is 5.79. The lowest BCUT2D eigenvalue weighted by atomic mass is 10.2. The van der Waals surface area contributed by atoms with Crippen molar-refractivity contribution >= 4 is 28.3 Å². The van der Waals surface area contributed by atoms with E-state index in [1.165, 1.54) is 10.4 Å². The molecule has 1 aliphatic rings. The lowest BCUT2D eigenvalue weighted by molar-refractivity contribution is 0.0793. The summed E-state index contributed by atoms with van der Waals surface area (Å²) in [6.07, 6.45) is 2.80. The molecule has 0 aromatic heterocycles. The topological polar surface area (TPSA) is 69.7 Å². The number of likely N-dealkylation sites (N-methyl/N-ethyl adjacent to an activating group) is 2. The van der Waals surface area contributed by atoms with Crippen molar-refractivity contribution < 1.29 is 13.2 Å². The van der Waals surface area contributed by atoms with E-state index in [1.54, 1.807) is 30.1 Å². The SMILES string of the molecule is CNCCN(C)C(=O)c1ccccc1S(=O)(=O)N1CCCCC1.Cl. The maximum Gasteiger partial charge on any atom is 0.255 e. The third kappa shape index (κ3) is 4.69. The summed E-state index contributed by atoms with van der Waals surface area (Å²) in [6, 6.07) is 6.49. The number of hydrogen-bond donors (Lipinski definition) is 1. The zero-order valence-electron chi connectivity index (χ0n) is 14.2. The molecule has 0 radical (unpaired) electrons. The number of halogens is 1. The Kier molecular flexibility index (Phi) is 8.15. The Hall–Kier alpha value is -1.15. The van der Waals surface area contributed by atoms with Crippen LogP contribution in [0.25, 0.3) is 0 Å². The third-order valence-electron chi connectivity index (χ3n) is 4.09. The number of benzene rings is 1. The highest BCUT2D eigenvalue weighted by Gasteiger charge is 2.30. The Morgan fingerprint density at radius 2 is 1.83 bits per heavy atom. The van der Waals surface area contributed by atoms with Crippen LogP contribution in [0.5, 0.6) is 0 Å². The molecular formula is C16H26ClN3O3S. The van der Waals surface area contributed by atoms with Gasteiger partial charge in [0.25, 0.3) is 5.91 Å². The Morgan fingerprint density at radius 3 is 2.46 bits per heavy atom. The van der Waals surface area contributed by atoms with Gasteiger partial charge in [-0.05, 0) is 32.0 Å². The standard InChI is InChI=1S/C16H25N3O3S.ClH/c1-17-10-13-18(2)16(20)14-8-4-5-9-15(14)23(21,22)19-11-6-3-7-12-19;/h4-5,8-9,17H,3,6-7,10-13H2,1-2H3;1H. The number of rotatable bonds is 6. The lowest BCUT2D eigenvalue weighted by Crippen LogP contribution is -2.38. The van der Waals surface area contributed by atoms with Gasteiger partial charge in [0.05, 0.1) is 10.5 Å². The molecule has 0 bridgehead atoms. The van der Waals surface area contributed by atoms with Crippen molar-refractivity contribution in [3.63, 3.8) is 0 Å². The number of carbonyl (C=O) groups is 1. The number of hydrogen-bond acceptors (Lipinski definition) is 4. The van der Waals surface area contributed by atoms with Crippen molar-refractivity contribution in [3.05, 3.63) is 29.8 Å². The minimum atomic E-state index is -3.62. The molecule has 1 amide bonds. The van der Waals surface area contributed by atoms with Crippen LogP contribution in [0.2, 0.25) is 0 Å². The van der Waals surface area contributed by atoms with Gasteiger partial charge in [-0.2, -0.15) is 4.31 Å². The third-order valence-corrected chi connectivity index (χ3v) is 6.05. The summed E-state index contributed by atoms with van der Waals surface area (Å²) in [5, 5.41) is 2.98. The van der Waals surface area contributed by atoms with Crippen molar-refractivity contribution in [2.45, 2.75) is 24.2 Å². The first kappa shape index (κ1) is 20.9. The zero-order valence-corrected chi connectivity index (χ0v) is 15.8. The van der Waals surface area contributed by atoms with Gasteiger partial charge in [0.1, 0.15) is 0 Å². The molecule has 1 fully saturated rings. The van der Waals surface area contributed by atoms with Gasteiger partial charge in [0.2, 0.25) is 10.0 Å². The molecular weight excluding hydrogens is 350 g/mol. The first-order chi connectivity index (χ1) is 11.0. The molecule has 1 saturated heterocycles. The minimum absolute atomic E-state index is 0. The van der Waals surface area contributed by atoms with Gasteiger partial charge in [0, 0.05) is 33.2 Å². The van der Waals surface area contributed by atoms with Crippen molar-refractivity contribution in [3.8, 4) is 0 Å². The molecule has 0 saturated carbocycles. The van der Waals surface area contributed by atoms with Crippen LogP contribution in [0.15, 0.2) is 29.2 Å². The van der Waals surface area contributed by atoms with Crippen LogP contribution in [0, 0.1) is 0 Å². The first-order valence-corrected chi connectivity index (χ1v) is 9.41. The molecule has 0 atom stereocenters. The van der Waals surface area contributed by atoms with Crippen LogP contribution in [0.1, 0.15) is 29.6 Å². The molecule has 1 N–H and O–H groups in total. The summed E-state index contributed by atoms with van der Waals surface area (Å²) < 4.78 is 27.3. The fourth-order valence-corrected chi connectivity index (χ4v) is 4.40. The van der Waals surface area contributed by atoms with Crippen molar-refractivity contribution in [2.75, 3.05) is 40.3 Å². The summed E-state index contributed by atoms with van der Waals surface area (Å²) in [7, 11) is -0.124. The molecule has 1 aromatic rings. The molecule has 0 unspecified atom stereocenters. The molecule has 0 aliphatic carbocycles. The van der Waals surface area contributed by atoms with E-state index in [-0.39, 0.29) is 28.8 Å². The summed E-state index contributed by atoms with van der Waals surface area (Å²) in [5.41, 5.74) is 0.247. The van der Waals surface area contributed by atoms with Gasteiger partial charge in [0.15, 0.2) is 0 Å². The normalized spacial score (nSPS) is 15.6. The van der Waals surface area contributed by atoms with Gasteiger partial charge in [-0.25, -0.2) is 8.42 Å². The molecule has 136 valence electrons. The Bertz CT molecular complexity index is 646. The van der Waals surface area contributed by atoms with Gasteiger partial charge in [-0.1, -0.05) is 18.6 Å². The maximum atomic E-state index is 12.9. The number of sulfonamides is 1. The summed E-state index contributed by atoms with van der Waals surface area (Å²) in [6.45, 7) is 2.23. The van der Waals surface area contributed by atoms with Crippen molar-refractivity contribution in [1.82, 2.24) is 14.5 Å². The fourth-order valence-electron chi connectivity index (χ4n) is 2.70. The van der Waals surface area contributed by atoms with E-state index in [1.807, 2.05) is 7.05 Å². The highest BCUT2D eigenvalue weighted by atomic mass is 35.5. The Morgan fingerprint density at radius 1 is 1.21 bits per heavy atom. The van der Waals surface area contributed by atoms with Crippen LogP contribution in [-0.4, -0.2) is 63.8 Å². The second kappa shape index (κ2) is 9.36. The quantitative estimate of drug-likeness (QED) is 0.819. The maximum absolute atomic E-state index is 12.9. The van der Waals surface area contributed by atoms with Crippen LogP contribution in [0.3, 0.4) is 0 Å². The van der Waals surface area contributed by atoms with Gasteiger partial charge < -0.3 is 10.2 Å². The number of nitrogens with zero attached hydrogens (tertiary/aromatic N) is 2. The number of amides is 1. The van der Waals surface area contributed by atoms with Crippen LogP contribution in [0.4, 0.5) is 0 Å². The van der Waals surface area contributed by atoms with E-state index in [0.29, 0.717) is 26.2 Å². The van der Waals surface area contributed by atoms with E-state index in [0.717, 1.165) is 19.3 Å². The smallest absolute Gasteiger partial charge is 0.255 e. The molecule has 1 aromatic carbocycles. The van der Waals surface area contributed by atoms with E-state index in [2.05, 4.69) is 5.32 Å². The average molecular weight is 376 g/mol. The van der Waals surface area contributed by atoms with Crippen LogP contribution >= 0.6 is 12.4 Å². The number of carbonyl (C=O) groups excluding carboxylic acids is 1. The minimum Gasteiger partial charge on any atom is -0.340 e. The predicted molar refractivity (Wildman–Crippen MR) is 97.2 cm³/mol. The van der Waals surface area contributed by atoms with Gasteiger partial charge >= 0.3 is 0 Å². The Labute approximate surface area is 150 Å². The monoisotopic (exact) mass is 375 g/mol. The average Bonchev–Trinajstić information content (AvgIpc) is 2.59. The molecule has 1 aliphatic heterocycles. The number of piperidine rings is 1. The largest absolute Gasteiger partial charge is 0.340 e. The van der Waals surface area contributed by atoms with E-state index >= 15 is 0 Å². The molecule has 6 nitrogen and oxygen atoms in total. The highest BCUT2D eigenvalue weighted by Crippen LogP contribution is 2.24. The van der Waals surface area contributed by atoms with E-state index in [9.17, 15) is 13.2 Å². The summed E-state index contributed by atoms with van der Waals surface area (Å²) >= 11 is 0. The van der Waals surface area contributed by atoms with Gasteiger partial charge in [-0.15, -0.1) is 12.4 Å². The highest BCUT2D eigenvalue weighted by molar-refractivity contribution is 7.89. The van der Waals surface area contributed by atoms with Crippen LogP contribution in [-0.2, 0) is 10.0 Å². The summed E-state index contributed by atoms with van der Waals surface area (Å²) in [4.78, 5) is 14.3. The van der Waals surface area contributed by atoms with Crippen LogP contribution < -0.4 is 5.32 Å². The fraction of sp³-hybridized carbons (Fsp3) is 0.562.